The summed E-state index contributed by atoms with van der Waals surface area (Å²) in [6.07, 6.45) is -0.595. The molecular weight excluding hydrogens is 375 g/mol. The zero-order chi connectivity index (χ0) is 20.4. The Bertz CT molecular complexity index is 857. The Balaban J connectivity index is 2.39. The Morgan fingerprint density at radius 2 is 2.00 bits per heavy atom. The van der Waals surface area contributed by atoms with Gasteiger partial charge in [-0.3, -0.25) is 0 Å². The SMILES string of the molecule is CCOC(=O)c1cc2c(Cl)ccc(F)c2n1[C@H](C)CNC(=O)OC(C)(C)C. The van der Waals surface area contributed by atoms with E-state index in [1.807, 2.05) is 0 Å². The van der Waals surface area contributed by atoms with Crippen LogP contribution in [0.3, 0.4) is 0 Å². The highest BCUT2D eigenvalue weighted by atomic mass is 35.5. The molecule has 0 saturated carbocycles. The molecule has 0 aliphatic heterocycles. The summed E-state index contributed by atoms with van der Waals surface area (Å²) in [5.41, 5.74) is -0.287. The van der Waals surface area contributed by atoms with Crippen molar-refractivity contribution in [2.75, 3.05) is 13.2 Å². The van der Waals surface area contributed by atoms with Gasteiger partial charge in [-0.15, -0.1) is 0 Å². The number of amides is 1. The number of hydrogen-bond donors (Lipinski definition) is 1. The second-order valence-corrected chi connectivity index (χ2v) is 7.55. The van der Waals surface area contributed by atoms with Crippen LogP contribution in [0.25, 0.3) is 10.9 Å². The molecule has 0 aliphatic rings. The quantitative estimate of drug-likeness (QED) is 0.741. The molecule has 0 aliphatic carbocycles. The van der Waals surface area contributed by atoms with Crippen LogP contribution in [0.1, 0.15) is 51.1 Å². The Labute approximate surface area is 162 Å². The van der Waals surface area contributed by atoms with Crippen molar-refractivity contribution in [1.29, 1.82) is 0 Å². The fraction of sp³-hybridized carbons (Fsp3) is 0.474. The average molecular weight is 399 g/mol. The van der Waals surface area contributed by atoms with Gasteiger partial charge in [0.15, 0.2) is 0 Å². The number of hydrogen-bond acceptors (Lipinski definition) is 4. The predicted molar refractivity (Wildman–Crippen MR) is 102 cm³/mol. The molecule has 1 atom stereocenters. The molecular formula is C19H24ClFN2O4. The van der Waals surface area contributed by atoms with Gasteiger partial charge in [0.05, 0.1) is 17.1 Å². The van der Waals surface area contributed by atoms with Crippen LogP contribution < -0.4 is 5.32 Å². The van der Waals surface area contributed by atoms with Gasteiger partial charge < -0.3 is 19.4 Å². The molecule has 0 fully saturated rings. The number of ether oxygens (including phenoxy) is 2. The Morgan fingerprint density at radius 1 is 1.33 bits per heavy atom. The molecule has 0 radical (unpaired) electrons. The molecule has 0 unspecified atom stereocenters. The molecule has 1 aromatic heterocycles. The maximum absolute atomic E-state index is 14.5. The van der Waals surface area contributed by atoms with E-state index in [0.29, 0.717) is 10.4 Å². The summed E-state index contributed by atoms with van der Waals surface area (Å²) >= 11 is 6.18. The Morgan fingerprint density at radius 3 is 2.59 bits per heavy atom. The molecule has 1 amide bonds. The van der Waals surface area contributed by atoms with Crippen LogP contribution in [0.15, 0.2) is 18.2 Å². The first-order chi connectivity index (χ1) is 12.5. The number of carbonyl (C=O) groups excluding carboxylic acids is 2. The monoisotopic (exact) mass is 398 g/mol. The lowest BCUT2D eigenvalue weighted by Crippen LogP contribution is -2.35. The van der Waals surface area contributed by atoms with Crippen LogP contribution in [0, 0.1) is 5.82 Å². The summed E-state index contributed by atoms with van der Waals surface area (Å²) < 4.78 is 26.3. The molecule has 0 spiro atoms. The van der Waals surface area contributed by atoms with E-state index in [4.69, 9.17) is 21.1 Å². The first-order valence-electron chi connectivity index (χ1n) is 8.68. The van der Waals surface area contributed by atoms with Crippen LogP contribution in [-0.2, 0) is 9.47 Å². The number of halogens is 2. The first kappa shape index (κ1) is 21.0. The van der Waals surface area contributed by atoms with Gasteiger partial charge >= 0.3 is 12.1 Å². The van der Waals surface area contributed by atoms with Crippen molar-refractivity contribution >= 4 is 34.6 Å². The van der Waals surface area contributed by atoms with Crippen LogP contribution in [0.5, 0.6) is 0 Å². The summed E-state index contributed by atoms with van der Waals surface area (Å²) in [6.45, 7) is 9.01. The average Bonchev–Trinajstić information content (AvgIpc) is 2.97. The van der Waals surface area contributed by atoms with Gasteiger partial charge in [0.25, 0.3) is 0 Å². The van der Waals surface area contributed by atoms with Crippen molar-refractivity contribution in [3.63, 3.8) is 0 Å². The topological polar surface area (TPSA) is 69.6 Å². The Hall–Kier alpha value is -2.28. The van der Waals surface area contributed by atoms with Crippen molar-refractivity contribution in [1.82, 2.24) is 9.88 Å². The van der Waals surface area contributed by atoms with Crippen molar-refractivity contribution in [2.45, 2.75) is 46.3 Å². The van der Waals surface area contributed by atoms with Gasteiger partial charge in [-0.2, -0.15) is 0 Å². The zero-order valence-corrected chi connectivity index (χ0v) is 16.8. The van der Waals surface area contributed by atoms with Gasteiger partial charge in [0.1, 0.15) is 17.1 Å². The van der Waals surface area contributed by atoms with Crippen LogP contribution in [-0.4, -0.2) is 35.4 Å². The molecule has 6 nitrogen and oxygen atoms in total. The maximum Gasteiger partial charge on any atom is 0.407 e. The van der Waals surface area contributed by atoms with Crippen LogP contribution in [0.4, 0.5) is 9.18 Å². The smallest absolute Gasteiger partial charge is 0.407 e. The Kier molecular flexibility index (Phi) is 6.36. The third-order valence-electron chi connectivity index (χ3n) is 3.76. The lowest BCUT2D eigenvalue weighted by Gasteiger charge is -2.22. The van der Waals surface area contributed by atoms with Crippen molar-refractivity contribution in [3.05, 3.63) is 34.7 Å². The molecule has 1 N–H and O–H groups in total. The van der Waals surface area contributed by atoms with Crippen LogP contribution >= 0.6 is 11.6 Å². The molecule has 1 heterocycles. The van der Waals surface area contributed by atoms with Crippen molar-refractivity contribution < 1.29 is 23.5 Å². The summed E-state index contributed by atoms with van der Waals surface area (Å²) in [5, 5.41) is 3.36. The van der Waals surface area contributed by atoms with Gasteiger partial charge in [0, 0.05) is 18.0 Å². The van der Waals surface area contributed by atoms with E-state index < -0.39 is 29.5 Å². The zero-order valence-electron chi connectivity index (χ0n) is 16.1. The van der Waals surface area contributed by atoms with E-state index in [-0.39, 0.29) is 24.4 Å². The fourth-order valence-corrected chi connectivity index (χ4v) is 2.93. The highest BCUT2D eigenvalue weighted by molar-refractivity contribution is 6.35. The van der Waals surface area contributed by atoms with Crippen LogP contribution in [0.2, 0.25) is 5.02 Å². The minimum Gasteiger partial charge on any atom is -0.461 e. The van der Waals surface area contributed by atoms with Gasteiger partial charge in [-0.25, -0.2) is 14.0 Å². The largest absolute Gasteiger partial charge is 0.461 e. The van der Waals surface area contributed by atoms with E-state index in [0.717, 1.165) is 0 Å². The third kappa shape index (κ3) is 4.91. The first-order valence-corrected chi connectivity index (χ1v) is 9.05. The number of fused-ring (bicyclic) bond motifs is 1. The number of benzene rings is 1. The number of rotatable bonds is 5. The minimum atomic E-state index is -0.636. The second kappa shape index (κ2) is 8.17. The number of esters is 1. The number of aromatic nitrogens is 1. The molecule has 27 heavy (non-hydrogen) atoms. The van der Waals surface area contributed by atoms with E-state index >= 15 is 0 Å². The number of nitrogens with zero attached hydrogens (tertiary/aromatic N) is 1. The summed E-state index contributed by atoms with van der Waals surface area (Å²) in [4.78, 5) is 24.3. The minimum absolute atomic E-state index is 0.122. The van der Waals surface area contributed by atoms with Crippen molar-refractivity contribution in [3.8, 4) is 0 Å². The third-order valence-corrected chi connectivity index (χ3v) is 4.09. The fourth-order valence-electron chi connectivity index (χ4n) is 2.72. The highest BCUT2D eigenvalue weighted by Gasteiger charge is 2.24. The number of carbonyl (C=O) groups is 2. The number of nitrogens with one attached hydrogen (secondary N) is 1. The van der Waals surface area contributed by atoms with E-state index in [1.54, 1.807) is 34.6 Å². The maximum atomic E-state index is 14.5. The normalized spacial score (nSPS) is 12.7. The van der Waals surface area contributed by atoms with E-state index in [2.05, 4.69) is 5.32 Å². The molecule has 0 bridgehead atoms. The number of alkyl carbamates (subject to hydrolysis) is 1. The lowest BCUT2D eigenvalue weighted by atomic mass is 10.2. The molecule has 2 aromatic rings. The highest BCUT2D eigenvalue weighted by Crippen LogP contribution is 2.32. The second-order valence-electron chi connectivity index (χ2n) is 7.14. The summed E-state index contributed by atoms with van der Waals surface area (Å²) in [5.74, 6) is -1.11. The van der Waals surface area contributed by atoms with E-state index in [9.17, 15) is 14.0 Å². The molecule has 148 valence electrons. The molecule has 8 heteroatoms. The van der Waals surface area contributed by atoms with Crippen molar-refractivity contribution in [2.24, 2.45) is 0 Å². The molecule has 2 rings (SSSR count). The predicted octanol–water partition coefficient (Wildman–Crippen LogP) is 4.70. The van der Waals surface area contributed by atoms with E-state index in [1.165, 1.54) is 22.8 Å². The molecule has 1 aromatic carbocycles. The van der Waals surface area contributed by atoms with Gasteiger partial charge in [-0.05, 0) is 52.8 Å². The molecule has 0 saturated heterocycles. The summed E-state index contributed by atoms with van der Waals surface area (Å²) in [6, 6.07) is 3.72. The van der Waals surface area contributed by atoms with Gasteiger partial charge in [0.2, 0.25) is 0 Å². The summed E-state index contributed by atoms with van der Waals surface area (Å²) in [7, 11) is 0. The van der Waals surface area contributed by atoms with Gasteiger partial charge in [-0.1, -0.05) is 11.6 Å². The standard InChI is InChI=1S/C19H24ClFN2O4/c1-6-26-17(24)15-9-12-13(20)7-8-14(21)16(12)23(15)11(2)10-22-18(25)27-19(3,4)5/h7-9,11H,6,10H2,1-5H3,(H,22,25)/t11-/m1/s1. The lowest BCUT2D eigenvalue weighted by molar-refractivity contribution is 0.0512.